The standard InChI is InChI=1S/C22H17N9/c23-4-3-22(8-14(9-22)10-24)31-28-12-20(30-31)17-6-15(19-11-26-13-21(25)29-19)7-18-16(17)2-1-5-27-18/h1-2,5-7,11-14H,3,8-9H2,(H2,25,29)/t14-,22+. The molecule has 150 valence electrons. The largest absolute Gasteiger partial charge is 0.382 e. The summed E-state index contributed by atoms with van der Waals surface area (Å²) in [4.78, 5) is 14.6. The Bertz CT molecular complexity index is 1370. The van der Waals surface area contributed by atoms with Crippen molar-refractivity contribution in [2.45, 2.75) is 24.8 Å². The molecule has 1 aromatic carbocycles. The molecule has 1 saturated carbocycles. The first-order valence-electron chi connectivity index (χ1n) is 9.78. The van der Waals surface area contributed by atoms with Crippen molar-refractivity contribution < 1.29 is 0 Å². The molecule has 0 radical (unpaired) electrons. The summed E-state index contributed by atoms with van der Waals surface area (Å²) in [5.74, 6) is 0.264. The van der Waals surface area contributed by atoms with Gasteiger partial charge in [0.05, 0.1) is 59.8 Å². The van der Waals surface area contributed by atoms with Gasteiger partial charge in [0.25, 0.3) is 0 Å². The van der Waals surface area contributed by atoms with Gasteiger partial charge in [-0.2, -0.15) is 25.5 Å². The first-order chi connectivity index (χ1) is 15.1. The first-order valence-corrected chi connectivity index (χ1v) is 9.78. The van der Waals surface area contributed by atoms with Crippen molar-refractivity contribution in [2.24, 2.45) is 5.92 Å². The van der Waals surface area contributed by atoms with Gasteiger partial charge in [0.15, 0.2) is 0 Å². The average Bonchev–Trinajstić information content (AvgIpc) is 3.25. The van der Waals surface area contributed by atoms with Gasteiger partial charge in [-0.3, -0.25) is 9.97 Å². The van der Waals surface area contributed by atoms with E-state index in [1.54, 1.807) is 23.4 Å². The van der Waals surface area contributed by atoms with E-state index < -0.39 is 5.54 Å². The first kappa shape index (κ1) is 18.6. The van der Waals surface area contributed by atoms with E-state index in [0.29, 0.717) is 30.0 Å². The number of benzene rings is 1. The van der Waals surface area contributed by atoms with Crippen LogP contribution >= 0.6 is 0 Å². The minimum Gasteiger partial charge on any atom is -0.382 e. The molecule has 0 unspecified atom stereocenters. The number of pyridine rings is 1. The summed E-state index contributed by atoms with van der Waals surface area (Å²) < 4.78 is 0. The highest BCUT2D eigenvalue weighted by atomic mass is 15.5. The Morgan fingerprint density at radius 3 is 2.81 bits per heavy atom. The van der Waals surface area contributed by atoms with Gasteiger partial charge in [0.2, 0.25) is 0 Å². The zero-order valence-electron chi connectivity index (χ0n) is 16.5. The van der Waals surface area contributed by atoms with Crippen molar-refractivity contribution >= 4 is 16.7 Å². The third-order valence-corrected chi connectivity index (χ3v) is 5.71. The van der Waals surface area contributed by atoms with E-state index in [-0.39, 0.29) is 12.3 Å². The molecule has 3 heterocycles. The maximum absolute atomic E-state index is 9.30. The van der Waals surface area contributed by atoms with Gasteiger partial charge in [-0.1, -0.05) is 6.07 Å². The molecule has 0 bridgehead atoms. The fourth-order valence-electron chi connectivity index (χ4n) is 4.15. The highest BCUT2D eigenvalue weighted by Gasteiger charge is 2.48. The second-order valence-corrected chi connectivity index (χ2v) is 7.74. The molecular weight excluding hydrogens is 390 g/mol. The van der Waals surface area contributed by atoms with Crippen molar-refractivity contribution in [3.63, 3.8) is 0 Å². The highest BCUT2D eigenvalue weighted by molar-refractivity contribution is 5.96. The van der Waals surface area contributed by atoms with E-state index in [9.17, 15) is 10.5 Å². The van der Waals surface area contributed by atoms with Crippen molar-refractivity contribution in [3.05, 3.63) is 49.1 Å². The molecule has 1 aliphatic carbocycles. The van der Waals surface area contributed by atoms with Crippen molar-refractivity contribution in [1.82, 2.24) is 29.9 Å². The second kappa shape index (κ2) is 7.15. The van der Waals surface area contributed by atoms with Crippen molar-refractivity contribution in [2.75, 3.05) is 5.73 Å². The lowest BCUT2D eigenvalue weighted by Gasteiger charge is -2.42. The fraction of sp³-hybridized carbons (Fsp3) is 0.227. The molecule has 2 N–H and O–H groups in total. The Kier molecular flexibility index (Phi) is 4.30. The number of anilines is 1. The van der Waals surface area contributed by atoms with Crippen LogP contribution in [0.2, 0.25) is 0 Å². The Hall–Kier alpha value is -4.37. The molecule has 4 aromatic rings. The number of rotatable bonds is 4. The number of nitrogen functional groups attached to an aromatic ring is 1. The van der Waals surface area contributed by atoms with E-state index in [2.05, 4.69) is 32.2 Å². The fourth-order valence-corrected chi connectivity index (χ4v) is 4.15. The summed E-state index contributed by atoms with van der Waals surface area (Å²) in [6.07, 6.45) is 7.99. The van der Waals surface area contributed by atoms with Crippen LogP contribution in [0.3, 0.4) is 0 Å². The van der Waals surface area contributed by atoms with Crippen LogP contribution in [0.25, 0.3) is 33.4 Å². The van der Waals surface area contributed by atoms with E-state index in [0.717, 1.165) is 22.0 Å². The third kappa shape index (κ3) is 3.13. The summed E-state index contributed by atoms with van der Waals surface area (Å²) in [5.41, 5.74) is 9.03. The number of nitrogens with zero attached hydrogens (tertiary/aromatic N) is 8. The summed E-state index contributed by atoms with van der Waals surface area (Å²) in [7, 11) is 0. The predicted molar refractivity (Wildman–Crippen MR) is 113 cm³/mol. The number of fused-ring (bicyclic) bond motifs is 1. The molecule has 9 nitrogen and oxygen atoms in total. The number of aromatic nitrogens is 6. The van der Waals surface area contributed by atoms with E-state index in [4.69, 9.17) is 10.8 Å². The lowest BCUT2D eigenvalue weighted by molar-refractivity contribution is 0.0713. The monoisotopic (exact) mass is 407 g/mol. The molecule has 9 heteroatoms. The van der Waals surface area contributed by atoms with Crippen LogP contribution in [-0.4, -0.2) is 29.9 Å². The van der Waals surface area contributed by atoms with Gasteiger partial charge in [0, 0.05) is 22.7 Å². The number of nitrogens with two attached hydrogens (primary N) is 1. The van der Waals surface area contributed by atoms with Gasteiger partial charge in [0.1, 0.15) is 11.5 Å². The lowest BCUT2D eigenvalue weighted by atomic mass is 9.68. The van der Waals surface area contributed by atoms with Crippen LogP contribution in [0, 0.1) is 28.6 Å². The Balaban J connectivity index is 1.63. The third-order valence-electron chi connectivity index (χ3n) is 5.71. The number of hydrogen-bond acceptors (Lipinski definition) is 8. The van der Waals surface area contributed by atoms with Crippen LogP contribution in [0.4, 0.5) is 5.82 Å². The van der Waals surface area contributed by atoms with Crippen LogP contribution in [0.5, 0.6) is 0 Å². The summed E-state index contributed by atoms with van der Waals surface area (Å²) in [5, 5.41) is 28.6. The molecule has 0 atom stereocenters. The number of nitriles is 2. The lowest BCUT2D eigenvalue weighted by Crippen LogP contribution is -2.47. The molecule has 3 aromatic heterocycles. The predicted octanol–water partition coefficient (Wildman–Crippen LogP) is 3.08. The van der Waals surface area contributed by atoms with E-state index in [1.807, 2.05) is 24.3 Å². The molecule has 0 amide bonds. The highest BCUT2D eigenvalue weighted by Crippen LogP contribution is 2.45. The topological polar surface area (TPSA) is 143 Å². The summed E-state index contributed by atoms with van der Waals surface area (Å²) >= 11 is 0. The molecule has 0 saturated heterocycles. The SMILES string of the molecule is N#CC[C@]1(n2ncc(-c3cc(-c4cncc(N)n4)cc4ncccc34)n2)C[C@@H](C#N)C1. The van der Waals surface area contributed by atoms with Gasteiger partial charge in [-0.05, 0) is 31.0 Å². The van der Waals surface area contributed by atoms with Crippen LogP contribution in [-0.2, 0) is 5.54 Å². The van der Waals surface area contributed by atoms with E-state index in [1.165, 1.54) is 6.20 Å². The molecule has 31 heavy (non-hydrogen) atoms. The minimum atomic E-state index is -0.529. The van der Waals surface area contributed by atoms with Crippen molar-refractivity contribution in [3.8, 4) is 34.7 Å². The Morgan fingerprint density at radius 1 is 1.16 bits per heavy atom. The molecule has 1 fully saturated rings. The maximum Gasteiger partial charge on any atom is 0.142 e. The van der Waals surface area contributed by atoms with Gasteiger partial charge < -0.3 is 5.73 Å². The number of hydrogen-bond donors (Lipinski definition) is 1. The van der Waals surface area contributed by atoms with E-state index >= 15 is 0 Å². The molecule has 0 spiro atoms. The van der Waals surface area contributed by atoms with Crippen LogP contribution in [0.1, 0.15) is 19.3 Å². The van der Waals surface area contributed by atoms with Crippen molar-refractivity contribution in [1.29, 1.82) is 10.5 Å². The van der Waals surface area contributed by atoms with Gasteiger partial charge >= 0.3 is 0 Å². The van der Waals surface area contributed by atoms with Crippen LogP contribution < -0.4 is 5.73 Å². The van der Waals surface area contributed by atoms with Crippen LogP contribution in [0.15, 0.2) is 49.1 Å². The Labute approximate surface area is 177 Å². The smallest absolute Gasteiger partial charge is 0.142 e. The minimum absolute atomic E-state index is 0.0710. The zero-order chi connectivity index (χ0) is 21.4. The zero-order valence-corrected chi connectivity index (χ0v) is 16.5. The van der Waals surface area contributed by atoms with Gasteiger partial charge in [-0.25, -0.2) is 4.98 Å². The van der Waals surface area contributed by atoms with Gasteiger partial charge in [-0.15, -0.1) is 0 Å². The molecule has 5 rings (SSSR count). The molecular formula is C22H17N9. The summed E-state index contributed by atoms with van der Waals surface area (Å²) in [6.45, 7) is 0. The second-order valence-electron chi connectivity index (χ2n) is 7.74. The maximum atomic E-state index is 9.30. The Morgan fingerprint density at radius 2 is 2.03 bits per heavy atom. The summed E-state index contributed by atoms with van der Waals surface area (Å²) in [6, 6.07) is 12.2. The molecule has 0 aliphatic heterocycles. The normalized spacial score (nSPS) is 20.0. The quantitative estimate of drug-likeness (QED) is 0.543. The average molecular weight is 407 g/mol. The molecule has 1 aliphatic rings.